The quantitative estimate of drug-likeness (QED) is 0.769. The van der Waals surface area contributed by atoms with Crippen LogP contribution in [-0.2, 0) is 6.42 Å². The molecule has 2 rings (SSSR count). The molecular weight excluding hydrogens is 243 g/mol. The van der Waals surface area contributed by atoms with E-state index in [1.54, 1.807) is 6.07 Å². The zero-order valence-electron chi connectivity index (χ0n) is 11.4. The first kappa shape index (κ1) is 14.3. The van der Waals surface area contributed by atoms with Gasteiger partial charge in [0.15, 0.2) is 11.6 Å². The smallest absolute Gasteiger partial charge is 0.165 e. The maximum atomic E-state index is 13.7. The molecule has 0 amide bonds. The predicted molar refractivity (Wildman–Crippen MR) is 74.9 cm³/mol. The van der Waals surface area contributed by atoms with Crippen molar-refractivity contribution in [2.24, 2.45) is 5.73 Å². The summed E-state index contributed by atoms with van der Waals surface area (Å²) in [7, 11) is 0. The average molecular weight is 266 g/mol. The fraction of sp³-hybridized carbons (Fsp3) is 0.600. The number of nitrogens with two attached hydrogens (primary N) is 1. The van der Waals surface area contributed by atoms with Crippen molar-refractivity contribution in [3.63, 3.8) is 0 Å². The number of likely N-dealkylation sites (tertiary alicyclic amines) is 1. The second kappa shape index (κ2) is 7.46. The standard InChI is InChI=1S/C15H23FN2O/c16-14-6-3-5-13(7-8-17)15(14)19-12-4-11-18-9-1-2-10-18/h3,5-6H,1-2,4,7-12,17H2. The van der Waals surface area contributed by atoms with E-state index in [2.05, 4.69) is 4.90 Å². The van der Waals surface area contributed by atoms with E-state index >= 15 is 0 Å². The first-order chi connectivity index (χ1) is 9.31. The van der Waals surface area contributed by atoms with Gasteiger partial charge in [-0.15, -0.1) is 0 Å². The third-order valence-electron chi connectivity index (χ3n) is 3.53. The van der Waals surface area contributed by atoms with E-state index in [-0.39, 0.29) is 5.82 Å². The summed E-state index contributed by atoms with van der Waals surface area (Å²) in [6.45, 7) is 4.50. The molecule has 1 aromatic rings. The highest BCUT2D eigenvalue weighted by atomic mass is 19.1. The van der Waals surface area contributed by atoms with Crippen molar-refractivity contribution in [2.45, 2.75) is 25.7 Å². The predicted octanol–water partition coefficient (Wildman–Crippen LogP) is 2.19. The van der Waals surface area contributed by atoms with Gasteiger partial charge in [0.1, 0.15) is 0 Å². The summed E-state index contributed by atoms with van der Waals surface area (Å²) in [4.78, 5) is 2.44. The minimum absolute atomic E-state index is 0.285. The van der Waals surface area contributed by atoms with Crippen LogP contribution < -0.4 is 10.5 Å². The second-order valence-corrected chi connectivity index (χ2v) is 5.02. The van der Waals surface area contributed by atoms with Crippen molar-refractivity contribution in [1.29, 1.82) is 0 Å². The molecule has 1 aromatic carbocycles. The van der Waals surface area contributed by atoms with Crippen LogP contribution in [0.3, 0.4) is 0 Å². The highest BCUT2D eigenvalue weighted by Crippen LogP contribution is 2.23. The fourth-order valence-corrected chi connectivity index (χ4v) is 2.54. The van der Waals surface area contributed by atoms with Crippen LogP contribution in [0.15, 0.2) is 18.2 Å². The molecule has 3 nitrogen and oxygen atoms in total. The summed E-state index contributed by atoms with van der Waals surface area (Å²) in [5, 5.41) is 0. The van der Waals surface area contributed by atoms with Crippen LogP contribution in [0, 0.1) is 5.82 Å². The molecule has 0 radical (unpaired) electrons. The van der Waals surface area contributed by atoms with Crippen molar-refractivity contribution in [2.75, 3.05) is 32.8 Å². The van der Waals surface area contributed by atoms with Crippen molar-refractivity contribution in [3.05, 3.63) is 29.6 Å². The normalized spacial score (nSPS) is 15.9. The number of nitrogens with zero attached hydrogens (tertiary/aromatic N) is 1. The number of halogens is 1. The maximum Gasteiger partial charge on any atom is 0.165 e. The largest absolute Gasteiger partial charge is 0.490 e. The maximum absolute atomic E-state index is 13.7. The van der Waals surface area contributed by atoms with Gasteiger partial charge in [0.05, 0.1) is 6.61 Å². The summed E-state index contributed by atoms with van der Waals surface area (Å²) >= 11 is 0. The molecule has 1 fully saturated rings. The minimum atomic E-state index is -0.285. The highest BCUT2D eigenvalue weighted by molar-refractivity contribution is 5.35. The van der Waals surface area contributed by atoms with Gasteiger partial charge in [-0.3, -0.25) is 0 Å². The van der Waals surface area contributed by atoms with E-state index in [0.29, 0.717) is 25.3 Å². The number of hydrogen-bond donors (Lipinski definition) is 1. The Morgan fingerprint density at radius 3 is 2.79 bits per heavy atom. The van der Waals surface area contributed by atoms with Crippen molar-refractivity contribution < 1.29 is 9.13 Å². The zero-order valence-corrected chi connectivity index (χ0v) is 11.4. The average Bonchev–Trinajstić information content (AvgIpc) is 2.90. The van der Waals surface area contributed by atoms with Gasteiger partial charge in [-0.1, -0.05) is 12.1 Å². The summed E-state index contributed by atoms with van der Waals surface area (Å²) in [5.41, 5.74) is 6.40. The molecule has 1 aliphatic heterocycles. The molecule has 0 saturated carbocycles. The number of ether oxygens (including phenoxy) is 1. The molecule has 1 saturated heterocycles. The van der Waals surface area contributed by atoms with E-state index in [0.717, 1.165) is 18.5 Å². The van der Waals surface area contributed by atoms with Gasteiger partial charge in [-0.05, 0) is 56.9 Å². The highest BCUT2D eigenvalue weighted by Gasteiger charge is 2.12. The van der Waals surface area contributed by atoms with Gasteiger partial charge in [0.25, 0.3) is 0 Å². The molecule has 1 heterocycles. The molecule has 4 heteroatoms. The third-order valence-corrected chi connectivity index (χ3v) is 3.53. The summed E-state index contributed by atoms with van der Waals surface area (Å²) in [5.74, 6) is 0.0986. The fourth-order valence-electron chi connectivity index (χ4n) is 2.54. The molecule has 0 aliphatic carbocycles. The monoisotopic (exact) mass is 266 g/mol. The van der Waals surface area contributed by atoms with Crippen LogP contribution in [0.2, 0.25) is 0 Å². The van der Waals surface area contributed by atoms with Gasteiger partial charge >= 0.3 is 0 Å². The van der Waals surface area contributed by atoms with Crippen LogP contribution in [-0.4, -0.2) is 37.7 Å². The lowest BCUT2D eigenvalue weighted by molar-refractivity contribution is 0.254. The molecular formula is C15H23FN2O. The zero-order chi connectivity index (χ0) is 13.5. The number of rotatable bonds is 7. The minimum Gasteiger partial charge on any atom is -0.490 e. The van der Waals surface area contributed by atoms with Crippen LogP contribution >= 0.6 is 0 Å². The molecule has 19 heavy (non-hydrogen) atoms. The summed E-state index contributed by atoms with van der Waals surface area (Å²) in [6, 6.07) is 5.03. The van der Waals surface area contributed by atoms with E-state index < -0.39 is 0 Å². The topological polar surface area (TPSA) is 38.5 Å². The summed E-state index contributed by atoms with van der Waals surface area (Å²) < 4.78 is 19.3. The van der Waals surface area contributed by atoms with Gasteiger partial charge in [0.2, 0.25) is 0 Å². The molecule has 0 atom stereocenters. The molecule has 0 unspecified atom stereocenters. The van der Waals surface area contributed by atoms with Crippen molar-refractivity contribution in [3.8, 4) is 5.75 Å². The number of hydrogen-bond acceptors (Lipinski definition) is 3. The van der Waals surface area contributed by atoms with E-state index in [4.69, 9.17) is 10.5 Å². The Hall–Kier alpha value is -1.13. The van der Waals surface area contributed by atoms with Crippen LogP contribution in [0.5, 0.6) is 5.75 Å². The lowest BCUT2D eigenvalue weighted by atomic mass is 10.1. The molecule has 0 spiro atoms. The van der Waals surface area contributed by atoms with Crippen LogP contribution in [0.1, 0.15) is 24.8 Å². The molecule has 106 valence electrons. The van der Waals surface area contributed by atoms with Gasteiger partial charge in [-0.2, -0.15) is 0 Å². The lowest BCUT2D eigenvalue weighted by Crippen LogP contribution is -2.22. The molecule has 0 aromatic heterocycles. The SMILES string of the molecule is NCCc1cccc(F)c1OCCCN1CCCC1. The Kier molecular flexibility index (Phi) is 5.61. The van der Waals surface area contributed by atoms with Crippen molar-refractivity contribution >= 4 is 0 Å². The van der Waals surface area contributed by atoms with Crippen LogP contribution in [0.4, 0.5) is 4.39 Å². The van der Waals surface area contributed by atoms with E-state index in [9.17, 15) is 4.39 Å². The van der Waals surface area contributed by atoms with Gasteiger partial charge in [-0.25, -0.2) is 4.39 Å². The number of para-hydroxylation sites is 1. The van der Waals surface area contributed by atoms with Gasteiger partial charge in [0, 0.05) is 6.54 Å². The Bertz CT molecular complexity index is 392. The van der Waals surface area contributed by atoms with Crippen molar-refractivity contribution in [1.82, 2.24) is 4.90 Å². The van der Waals surface area contributed by atoms with Crippen LogP contribution in [0.25, 0.3) is 0 Å². The molecule has 1 aliphatic rings. The molecule has 0 bridgehead atoms. The van der Waals surface area contributed by atoms with Gasteiger partial charge < -0.3 is 15.4 Å². The Balaban J connectivity index is 1.80. The third kappa shape index (κ3) is 4.18. The first-order valence-electron chi connectivity index (χ1n) is 7.14. The Labute approximate surface area is 114 Å². The number of benzene rings is 1. The molecule has 2 N–H and O–H groups in total. The van der Waals surface area contributed by atoms with E-state index in [1.165, 1.54) is 32.0 Å². The Morgan fingerprint density at radius 2 is 2.05 bits per heavy atom. The Morgan fingerprint density at radius 1 is 1.26 bits per heavy atom. The summed E-state index contributed by atoms with van der Waals surface area (Å²) in [6.07, 6.45) is 4.19. The van der Waals surface area contributed by atoms with E-state index in [1.807, 2.05) is 6.07 Å². The first-order valence-corrected chi connectivity index (χ1v) is 7.14. The lowest BCUT2D eigenvalue weighted by Gasteiger charge is -2.16. The second-order valence-electron chi connectivity index (χ2n) is 5.02.